The lowest BCUT2D eigenvalue weighted by Gasteiger charge is -2.36. The van der Waals surface area contributed by atoms with Gasteiger partial charge in [0.25, 0.3) is 0 Å². The van der Waals surface area contributed by atoms with Crippen LogP contribution >= 0.6 is 0 Å². The topological polar surface area (TPSA) is 79.7 Å². The normalized spacial score (nSPS) is 25.5. The van der Waals surface area contributed by atoms with Crippen LogP contribution in [0.25, 0.3) is 0 Å². The lowest BCUT2D eigenvalue weighted by Crippen LogP contribution is -2.52. The molecule has 7 nitrogen and oxygen atoms in total. The van der Waals surface area contributed by atoms with Crippen LogP contribution in [0.5, 0.6) is 0 Å². The van der Waals surface area contributed by atoms with Gasteiger partial charge in [0.2, 0.25) is 5.91 Å². The molecule has 1 N–H and O–H groups in total. The van der Waals surface area contributed by atoms with Crippen LogP contribution in [-0.4, -0.2) is 78.0 Å². The number of nitriles is 1. The Labute approximate surface area is 143 Å². The molecule has 1 aliphatic carbocycles. The Kier molecular flexibility index (Phi) is 4.68. The maximum absolute atomic E-state index is 12.3. The third-order valence-electron chi connectivity index (χ3n) is 5.64. The SMILES string of the molecule is CN1CCN(C2CCN(CC(=O)NC(C)(C#N)C3CC3)CC2)C1=O. The number of likely N-dealkylation sites (tertiary alicyclic amines) is 1. The summed E-state index contributed by atoms with van der Waals surface area (Å²) in [5, 5.41) is 12.3. The molecule has 1 saturated carbocycles. The van der Waals surface area contributed by atoms with Crippen molar-refractivity contribution in [1.82, 2.24) is 20.0 Å². The first-order valence-electron chi connectivity index (χ1n) is 8.89. The van der Waals surface area contributed by atoms with Crippen LogP contribution in [-0.2, 0) is 4.79 Å². The minimum absolute atomic E-state index is 0.0682. The molecule has 0 aromatic carbocycles. The zero-order valence-corrected chi connectivity index (χ0v) is 14.6. The van der Waals surface area contributed by atoms with Crippen molar-refractivity contribution in [2.75, 3.05) is 39.8 Å². The van der Waals surface area contributed by atoms with Crippen LogP contribution in [0.4, 0.5) is 4.79 Å². The molecule has 3 rings (SSSR count). The number of amides is 3. The molecule has 3 aliphatic rings. The predicted molar refractivity (Wildman–Crippen MR) is 89.1 cm³/mol. The number of hydrogen-bond donors (Lipinski definition) is 1. The van der Waals surface area contributed by atoms with Crippen LogP contribution in [0.1, 0.15) is 32.6 Å². The van der Waals surface area contributed by atoms with E-state index < -0.39 is 5.54 Å². The zero-order valence-electron chi connectivity index (χ0n) is 14.6. The fourth-order valence-electron chi connectivity index (χ4n) is 3.81. The highest BCUT2D eigenvalue weighted by atomic mass is 16.2. The second-order valence-electron chi connectivity index (χ2n) is 7.54. The molecule has 0 aromatic rings. The van der Waals surface area contributed by atoms with Gasteiger partial charge in [0.1, 0.15) is 5.54 Å². The van der Waals surface area contributed by atoms with Gasteiger partial charge in [-0.1, -0.05) is 0 Å². The molecular formula is C17H27N5O2. The molecule has 2 aliphatic heterocycles. The van der Waals surface area contributed by atoms with Crippen LogP contribution in [0.2, 0.25) is 0 Å². The van der Waals surface area contributed by atoms with E-state index in [1.165, 1.54) is 0 Å². The molecule has 1 unspecified atom stereocenters. The van der Waals surface area contributed by atoms with Gasteiger partial charge in [-0.2, -0.15) is 5.26 Å². The van der Waals surface area contributed by atoms with E-state index in [0.717, 1.165) is 51.9 Å². The molecule has 1 atom stereocenters. The Balaban J connectivity index is 1.45. The summed E-state index contributed by atoms with van der Waals surface area (Å²) in [4.78, 5) is 30.2. The Morgan fingerprint density at radius 3 is 2.42 bits per heavy atom. The van der Waals surface area contributed by atoms with E-state index in [-0.39, 0.29) is 18.0 Å². The zero-order chi connectivity index (χ0) is 17.3. The van der Waals surface area contributed by atoms with Gasteiger partial charge in [-0.05, 0) is 38.5 Å². The summed E-state index contributed by atoms with van der Waals surface area (Å²) >= 11 is 0. The van der Waals surface area contributed by atoms with Crippen molar-refractivity contribution < 1.29 is 9.59 Å². The van der Waals surface area contributed by atoms with Gasteiger partial charge >= 0.3 is 6.03 Å². The molecule has 0 spiro atoms. The highest BCUT2D eigenvalue weighted by Crippen LogP contribution is 2.39. The van der Waals surface area contributed by atoms with Crippen LogP contribution in [0, 0.1) is 17.2 Å². The Hall–Kier alpha value is -1.81. The van der Waals surface area contributed by atoms with Gasteiger partial charge in [0, 0.05) is 39.3 Å². The van der Waals surface area contributed by atoms with Crippen molar-refractivity contribution >= 4 is 11.9 Å². The number of nitrogens with zero attached hydrogens (tertiary/aromatic N) is 4. The molecule has 0 radical (unpaired) electrons. The number of rotatable bonds is 5. The van der Waals surface area contributed by atoms with E-state index >= 15 is 0 Å². The van der Waals surface area contributed by atoms with Crippen LogP contribution in [0.3, 0.4) is 0 Å². The summed E-state index contributed by atoms with van der Waals surface area (Å²) in [5.74, 6) is 0.233. The van der Waals surface area contributed by atoms with E-state index in [1.807, 2.05) is 18.9 Å². The van der Waals surface area contributed by atoms with Gasteiger partial charge in [-0.15, -0.1) is 0 Å². The van der Waals surface area contributed by atoms with Crippen LogP contribution < -0.4 is 5.32 Å². The first-order valence-corrected chi connectivity index (χ1v) is 8.89. The fourth-order valence-corrected chi connectivity index (χ4v) is 3.81. The summed E-state index contributed by atoms with van der Waals surface area (Å²) in [6.07, 6.45) is 3.86. The van der Waals surface area contributed by atoms with Crippen molar-refractivity contribution in [3.05, 3.63) is 0 Å². The molecule has 2 heterocycles. The molecule has 132 valence electrons. The molecule has 0 bridgehead atoms. The number of urea groups is 1. The van der Waals surface area contributed by atoms with Gasteiger partial charge in [0.15, 0.2) is 0 Å². The van der Waals surface area contributed by atoms with E-state index in [9.17, 15) is 14.9 Å². The summed E-state index contributed by atoms with van der Waals surface area (Å²) in [6, 6.07) is 2.68. The average Bonchev–Trinajstić information content (AvgIpc) is 3.36. The minimum Gasteiger partial charge on any atom is -0.337 e. The second-order valence-corrected chi connectivity index (χ2v) is 7.54. The highest BCUT2D eigenvalue weighted by molar-refractivity contribution is 5.79. The minimum atomic E-state index is -0.720. The van der Waals surface area contributed by atoms with Gasteiger partial charge in [0.05, 0.1) is 12.6 Å². The standard InChI is InChI=1S/C17H27N5O2/c1-17(12-18,13-3-4-13)19-15(23)11-21-7-5-14(6-8-21)22-10-9-20(2)16(22)24/h13-14H,3-11H2,1-2H3,(H,19,23). The molecule has 3 amide bonds. The molecule has 2 saturated heterocycles. The van der Waals surface area contributed by atoms with Gasteiger partial charge in [-0.25, -0.2) is 4.79 Å². The Bertz CT molecular complexity index is 548. The Morgan fingerprint density at radius 1 is 1.25 bits per heavy atom. The van der Waals surface area contributed by atoms with E-state index in [1.54, 1.807) is 4.90 Å². The summed E-state index contributed by atoms with van der Waals surface area (Å²) in [7, 11) is 1.84. The van der Waals surface area contributed by atoms with E-state index in [2.05, 4.69) is 16.3 Å². The second kappa shape index (κ2) is 6.60. The number of hydrogen-bond acceptors (Lipinski definition) is 4. The van der Waals surface area contributed by atoms with Crippen molar-refractivity contribution in [3.8, 4) is 6.07 Å². The van der Waals surface area contributed by atoms with Crippen LogP contribution in [0.15, 0.2) is 0 Å². The van der Waals surface area contributed by atoms with Crippen molar-refractivity contribution in [2.24, 2.45) is 5.92 Å². The summed E-state index contributed by atoms with van der Waals surface area (Å²) in [6.45, 7) is 5.41. The molecule has 3 fully saturated rings. The number of likely N-dealkylation sites (N-methyl/N-ethyl adjacent to an activating group) is 1. The summed E-state index contributed by atoms with van der Waals surface area (Å²) in [5.41, 5.74) is -0.720. The van der Waals surface area contributed by atoms with E-state index in [0.29, 0.717) is 12.5 Å². The Morgan fingerprint density at radius 2 is 1.92 bits per heavy atom. The van der Waals surface area contributed by atoms with Crippen molar-refractivity contribution in [1.29, 1.82) is 5.26 Å². The highest BCUT2D eigenvalue weighted by Gasteiger charge is 2.43. The first kappa shape index (κ1) is 17.0. The number of carbonyl (C=O) groups excluding carboxylic acids is 2. The molecule has 7 heteroatoms. The van der Waals surface area contributed by atoms with E-state index in [4.69, 9.17) is 0 Å². The molecular weight excluding hydrogens is 306 g/mol. The number of nitrogens with one attached hydrogen (secondary N) is 1. The number of piperidine rings is 1. The quantitative estimate of drug-likeness (QED) is 0.800. The maximum Gasteiger partial charge on any atom is 0.320 e. The lowest BCUT2D eigenvalue weighted by molar-refractivity contribution is -0.124. The fraction of sp³-hybridized carbons (Fsp3) is 0.824. The van der Waals surface area contributed by atoms with Crippen molar-refractivity contribution in [2.45, 2.75) is 44.2 Å². The summed E-state index contributed by atoms with van der Waals surface area (Å²) < 4.78 is 0. The largest absolute Gasteiger partial charge is 0.337 e. The lowest BCUT2D eigenvalue weighted by atomic mass is 9.98. The maximum atomic E-state index is 12.3. The monoisotopic (exact) mass is 333 g/mol. The predicted octanol–water partition coefficient (Wildman–Crippen LogP) is 0.627. The van der Waals surface area contributed by atoms with Gasteiger partial charge in [-0.3, -0.25) is 9.69 Å². The average molecular weight is 333 g/mol. The first-order chi connectivity index (χ1) is 11.4. The molecule has 24 heavy (non-hydrogen) atoms. The number of carbonyl (C=O) groups is 2. The third-order valence-corrected chi connectivity index (χ3v) is 5.64. The van der Waals surface area contributed by atoms with Gasteiger partial charge < -0.3 is 15.1 Å². The molecule has 0 aromatic heterocycles. The van der Waals surface area contributed by atoms with Crippen molar-refractivity contribution in [3.63, 3.8) is 0 Å². The smallest absolute Gasteiger partial charge is 0.320 e. The third kappa shape index (κ3) is 3.48.